The number of nitrogens with zero attached hydrogens (tertiary/aromatic N) is 3. The third-order valence-corrected chi connectivity index (χ3v) is 5.51. The number of hydrogen-bond acceptors (Lipinski definition) is 7. The molecule has 0 saturated carbocycles. The van der Waals surface area contributed by atoms with Gasteiger partial charge in [-0.1, -0.05) is 41.6 Å². The van der Waals surface area contributed by atoms with Crippen molar-refractivity contribution in [3.05, 3.63) is 65.2 Å². The fourth-order valence-electron chi connectivity index (χ4n) is 3.29. The van der Waals surface area contributed by atoms with E-state index in [1.807, 2.05) is 66.2 Å². The van der Waals surface area contributed by atoms with Crippen LogP contribution < -0.4 is 4.90 Å². The summed E-state index contributed by atoms with van der Waals surface area (Å²) in [4.78, 5) is 30.8. The molecule has 0 aliphatic rings. The van der Waals surface area contributed by atoms with Crippen LogP contribution in [-0.2, 0) is 20.7 Å². The number of benzene rings is 2. The molecule has 2 heterocycles. The highest BCUT2D eigenvalue weighted by Gasteiger charge is 2.18. The maximum Gasteiger partial charge on any atom is 0.306 e. The number of aromatic nitrogens is 2. The van der Waals surface area contributed by atoms with Crippen molar-refractivity contribution in [2.24, 2.45) is 0 Å². The zero-order chi connectivity index (χ0) is 21.6. The van der Waals surface area contributed by atoms with Crippen LogP contribution in [0.15, 0.2) is 63.8 Å². The summed E-state index contributed by atoms with van der Waals surface area (Å²) >= 11 is 1.54. The lowest BCUT2D eigenvalue weighted by Gasteiger charge is -2.22. The molecular formula is C23H21N3O4S. The minimum Gasteiger partial charge on any atom is -0.456 e. The molecule has 4 aromatic rings. The average Bonchev–Trinajstić information content (AvgIpc) is 3.49. The Morgan fingerprint density at radius 2 is 1.97 bits per heavy atom. The molecule has 4 rings (SSSR count). The quantitative estimate of drug-likeness (QED) is 0.379. The Balaban J connectivity index is 1.32. The van der Waals surface area contributed by atoms with E-state index in [4.69, 9.17) is 9.26 Å². The Labute approximate surface area is 183 Å². The highest BCUT2D eigenvalue weighted by atomic mass is 32.1. The van der Waals surface area contributed by atoms with Crippen molar-refractivity contribution in [3.63, 3.8) is 0 Å². The van der Waals surface area contributed by atoms with Gasteiger partial charge in [-0.3, -0.25) is 9.59 Å². The molecule has 0 unspecified atom stereocenters. The molecule has 2 aromatic carbocycles. The predicted molar refractivity (Wildman–Crippen MR) is 119 cm³/mol. The predicted octanol–water partition coefficient (Wildman–Crippen LogP) is 4.48. The Bertz CT molecular complexity index is 1180. The molecule has 0 N–H and O–H groups in total. The van der Waals surface area contributed by atoms with Crippen molar-refractivity contribution in [1.82, 2.24) is 10.1 Å². The number of carbonyl (C=O) groups is 2. The second-order valence-electron chi connectivity index (χ2n) is 6.82. The smallest absolute Gasteiger partial charge is 0.306 e. The Kier molecular flexibility index (Phi) is 6.37. The van der Waals surface area contributed by atoms with Crippen LogP contribution in [0.5, 0.6) is 0 Å². The van der Waals surface area contributed by atoms with Crippen LogP contribution in [0.1, 0.15) is 19.2 Å². The number of anilines is 1. The number of fused-ring (bicyclic) bond motifs is 1. The highest BCUT2D eigenvalue weighted by Crippen LogP contribution is 2.26. The summed E-state index contributed by atoms with van der Waals surface area (Å²) in [6.07, 6.45) is 0.309. The van der Waals surface area contributed by atoms with E-state index in [0.29, 0.717) is 18.3 Å². The summed E-state index contributed by atoms with van der Waals surface area (Å²) in [6, 6.07) is 15.6. The second kappa shape index (κ2) is 9.53. The Hall–Kier alpha value is -3.52. The second-order valence-corrected chi connectivity index (χ2v) is 7.60. The summed E-state index contributed by atoms with van der Waals surface area (Å²) in [6.45, 7) is 2.04. The molecule has 0 radical (unpaired) electrons. The molecule has 31 heavy (non-hydrogen) atoms. The van der Waals surface area contributed by atoms with Crippen molar-refractivity contribution in [2.75, 3.05) is 18.1 Å². The van der Waals surface area contributed by atoms with Crippen molar-refractivity contribution >= 4 is 39.7 Å². The van der Waals surface area contributed by atoms with Gasteiger partial charge in [0, 0.05) is 29.3 Å². The van der Waals surface area contributed by atoms with E-state index in [1.54, 1.807) is 16.2 Å². The summed E-state index contributed by atoms with van der Waals surface area (Å²) in [5.74, 6) is 0.0891. The van der Waals surface area contributed by atoms with Gasteiger partial charge < -0.3 is 14.2 Å². The van der Waals surface area contributed by atoms with Crippen molar-refractivity contribution in [3.8, 4) is 11.4 Å². The van der Waals surface area contributed by atoms with E-state index < -0.39 is 5.97 Å². The molecule has 0 fully saturated rings. The number of carbonyl (C=O) groups excluding carboxylic acids is 2. The van der Waals surface area contributed by atoms with E-state index in [0.717, 1.165) is 22.0 Å². The minimum absolute atomic E-state index is 0.0545. The number of thiophene rings is 1. The highest BCUT2D eigenvalue weighted by molar-refractivity contribution is 7.08. The van der Waals surface area contributed by atoms with E-state index in [1.165, 1.54) is 0 Å². The van der Waals surface area contributed by atoms with Gasteiger partial charge >= 0.3 is 5.97 Å². The number of aryl methyl sites for hydroxylation is 1. The van der Waals surface area contributed by atoms with Gasteiger partial charge in [-0.2, -0.15) is 16.3 Å². The summed E-state index contributed by atoms with van der Waals surface area (Å²) < 4.78 is 10.4. The number of rotatable bonds is 8. The SMILES string of the molecule is CCN(C(=O)COC(=O)CCc1nc(-c2ccsc2)no1)c1cccc2ccccc12. The van der Waals surface area contributed by atoms with Crippen LogP contribution in [0, 0.1) is 0 Å². The maximum absolute atomic E-state index is 12.7. The van der Waals surface area contributed by atoms with Gasteiger partial charge in [0.2, 0.25) is 11.7 Å². The third-order valence-electron chi connectivity index (χ3n) is 4.82. The van der Waals surface area contributed by atoms with Crippen LogP contribution in [0.4, 0.5) is 5.69 Å². The molecule has 1 amide bonds. The van der Waals surface area contributed by atoms with Crippen LogP contribution in [0.2, 0.25) is 0 Å². The molecule has 0 atom stereocenters. The molecule has 7 nitrogen and oxygen atoms in total. The van der Waals surface area contributed by atoms with Gasteiger partial charge in [0.1, 0.15) is 0 Å². The van der Waals surface area contributed by atoms with Gasteiger partial charge in [-0.15, -0.1) is 0 Å². The fourth-order valence-corrected chi connectivity index (χ4v) is 3.93. The monoisotopic (exact) mass is 435 g/mol. The number of ether oxygens (including phenoxy) is 1. The average molecular weight is 436 g/mol. The summed E-state index contributed by atoms with van der Waals surface area (Å²) in [7, 11) is 0. The van der Waals surface area contributed by atoms with Crippen molar-refractivity contribution in [1.29, 1.82) is 0 Å². The van der Waals surface area contributed by atoms with E-state index >= 15 is 0 Å². The van der Waals surface area contributed by atoms with Gasteiger partial charge in [0.05, 0.1) is 12.1 Å². The summed E-state index contributed by atoms with van der Waals surface area (Å²) in [5, 5.41) is 9.78. The van der Waals surface area contributed by atoms with Gasteiger partial charge in [0.15, 0.2) is 6.61 Å². The number of esters is 1. The van der Waals surface area contributed by atoms with E-state index in [9.17, 15) is 9.59 Å². The van der Waals surface area contributed by atoms with Gasteiger partial charge in [-0.25, -0.2) is 0 Å². The van der Waals surface area contributed by atoms with Crippen molar-refractivity contribution in [2.45, 2.75) is 19.8 Å². The van der Waals surface area contributed by atoms with Crippen LogP contribution in [0.25, 0.3) is 22.2 Å². The first kappa shape index (κ1) is 20.7. The number of hydrogen-bond donors (Lipinski definition) is 0. The Morgan fingerprint density at radius 3 is 2.77 bits per heavy atom. The largest absolute Gasteiger partial charge is 0.456 e. The number of amides is 1. The third kappa shape index (κ3) is 4.80. The molecule has 0 saturated heterocycles. The standard InChI is InChI=1S/C23H21N3O4S/c1-2-26(19-9-5-7-16-6-3-4-8-18(16)19)21(27)14-29-22(28)11-10-20-24-23(25-30-20)17-12-13-31-15-17/h3-9,12-13,15H,2,10-11,14H2,1H3. The van der Waals surface area contributed by atoms with Crippen LogP contribution in [0.3, 0.4) is 0 Å². The maximum atomic E-state index is 12.7. The van der Waals surface area contributed by atoms with Gasteiger partial charge in [-0.05, 0) is 29.8 Å². The molecule has 0 spiro atoms. The topological polar surface area (TPSA) is 85.5 Å². The first-order chi connectivity index (χ1) is 15.2. The zero-order valence-electron chi connectivity index (χ0n) is 17.0. The first-order valence-corrected chi connectivity index (χ1v) is 10.9. The normalized spacial score (nSPS) is 10.9. The molecule has 8 heteroatoms. The van der Waals surface area contributed by atoms with Crippen molar-refractivity contribution < 1.29 is 18.8 Å². The lowest BCUT2D eigenvalue weighted by atomic mass is 10.1. The molecule has 0 bridgehead atoms. The van der Waals surface area contributed by atoms with E-state index in [-0.39, 0.29) is 25.4 Å². The first-order valence-electron chi connectivity index (χ1n) is 9.94. The zero-order valence-corrected chi connectivity index (χ0v) is 17.8. The molecule has 158 valence electrons. The van der Waals surface area contributed by atoms with Crippen LogP contribution >= 0.6 is 11.3 Å². The minimum atomic E-state index is -0.488. The Morgan fingerprint density at radius 1 is 1.13 bits per heavy atom. The van der Waals surface area contributed by atoms with Crippen LogP contribution in [-0.4, -0.2) is 35.2 Å². The molecule has 0 aliphatic carbocycles. The molecular weight excluding hydrogens is 414 g/mol. The molecule has 2 aromatic heterocycles. The van der Waals surface area contributed by atoms with E-state index in [2.05, 4.69) is 10.1 Å². The lowest BCUT2D eigenvalue weighted by Crippen LogP contribution is -2.34. The fraction of sp³-hybridized carbons (Fsp3) is 0.217. The molecule has 0 aliphatic heterocycles. The number of likely N-dealkylation sites (N-methyl/N-ethyl adjacent to an activating group) is 1. The lowest BCUT2D eigenvalue weighted by molar-refractivity contribution is -0.147. The summed E-state index contributed by atoms with van der Waals surface area (Å²) in [5.41, 5.74) is 1.68. The van der Waals surface area contributed by atoms with Gasteiger partial charge in [0.25, 0.3) is 5.91 Å².